The normalized spacial score (nSPS) is 24.2. The average Bonchev–Trinajstić information content (AvgIpc) is 2.62. The molecule has 1 aliphatic rings. The summed E-state index contributed by atoms with van der Waals surface area (Å²) in [6.45, 7) is 5.14. The zero-order chi connectivity index (χ0) is 9.57. The van der Waals surface area contributed by atoms with Crippen LogP contribution < -0.4 is 10.9 Å². The highest BCUT2D eigenvalue weighted by atomic mass is 19.4. The Hall–Kier alpha value is -0.290. The minimum atomic E-state index is -4.21. The Balaban J connectivity index is 2.73. The van der Waals surface area contributed by atoms with Crippen molar-refractivity contribution in [1.82, 2.24) is 10.9 Å². The van der Waals surface area contributed by atoms with E-state index in [2.05, 4.69) is 10.9 Å². The molecule has 0 bridgehead atoms. The Bertz CT molecular complexity index is 172. The van der Waals surface area contributed by atoms with Crippen molar-refractivity contribution in [3.8, 4) is 0 Å². The highest BCUT2D eigenvalue weighted by Gasteiger charge is 2.67. The van der Waals surface area contributed by atoms with Crippen molar-refractivity contribution in [2.24, 2.45) is 11.8 Å². The zero-order valence-electron chi connectivity index (χ0n) is 7.29. The smallest absolute Gasteiger partial charge is 0.227 e. The molecule has 1 atom stereocenters. The maximum absolute atomic E-state index is 12.4. The summed E-state index contributed by atoms with van der Waals surface area (Å²) in [5.74, 6) is -0.466. The molecule has 72 valence electrons. The summed E-state index contributed by atoms with van der Waals surface area (Å²) in [5.41, 5.74) is 2.56. The Morgan fingerprint density at radius 1 is 1.08 bits per heavy atom. The van der Waals surface area contributed by atoms with E-state index < -0.39 is 17.8 Å². The molecule has 2 nitrogen and oxygen atoms in total. The summed E-state index contributed by atoms with van der Waals surface area (Å²) in [6, 6.07) is 0. The monoisotopic (exact) mass is 182 g/mol. The molecule has 0 spiro atoms. The summed E-state index contributed by atoms with van der Waals surface area (Å²) < 4.78 is 37.1. The van der Waals surface area contributed by atoms with Gasteiger partial charge in [-0.05, 0) is 5.92 Å². The first-order valence-corrected chi connectivity index (χ1v) is 3.92. The summed E-state index contributed by atoms with van der Waals surface area (Å²) in [7, 11) is 0. The Kier molecular flexibility index (Phi) is 2.12. The lowest BCUT2D eigenvalue weighted by molar-refractivity contribution is -0.177. The van der Waals surface area contributed by atoms with Gasteiger partial charge in [-0.2, -0.15) is 13.2 Å². The average molecular weight is 182 g/mol. The van der Waals surface area contributed by atoms with Gasteiger partial charge in [0.05, 0.1) is 0 Å². The van der Waals surface area contributed by atoms with E-state index in [0.717, 1.165) is 0 Å². The highest BCUT2D eigenvalue weighted by molar-refractivity contribution is 5.05. The molecule has 0 saturated carbocycles. The largest absolute Gasteiger partial charge is 0.422 e. The topological polar surface area (TPSA) is 43.9 Å². The van der Waals surface area contributed by atoms with Gasteiger partial charge in [0, 0.05) is 5.92 Å². The van der Waals surface area contributed by atoms with Crippen LogP contribution in [0.3, 0.4) is 0 Å². The van der Waals surface area contributed by atoms with Crippen LogP contribution in [-0.4, -0.2) is 11.8 Å². The number of alkyl halides is 3. The number of halogens is 3. The maximum Gasteiger partial charge on any atom is 0.422 e. The van der Waals surface area contributed by atoms with E-state index in [1.54, 1.807) is 20.8 Å². The Morgan fingerprint density at radius 2 is 1.50 bits per heavy atom. The van der Waals surface area contributed by atoms with Crippen LogP contribution in [0.5, 0.6) is 0 Å². The van der Waals surface area contributed by atoms with E-state index in [9.17, 15) is 13.2 Å². The zero-order valence-corrected chi connectivity index (χ0v) is 7.29. The van der Waals surface area contributed by atoms with Gasteiger partial charge in [-0.15, -0.1) is 0 Å². The van der Waals surface area contributed by atoms with Gasteiger partial charge < -0.3 is 0 Å². The number of hydrogen-bond donors (Lipinski definition) is 2. The molecule has 2 N–H and O–H groups in total. The molecule has 0 aliphatic carbocycles. The lowest BCUT2D eigenvalue weighted by atomic mass is 9.87. The maximum atomic E-state index is 12.4. The highest BCUT2D eigenvalue weighted by Crippen LogP contribution is 2.41. The summed E-state index contributed by atoms with van der Waals surface area (Å²) in [5, 5.41) is 0. The molecule has 0 unspecified atom stereocenters. The minimum Gasteiger partial charge on any atom is -0.227 e. The first kappa shape index (κ1) is 9.80. The Labute approximate surface area is 69.5 Å². The third-order valence-electron chi connectivity index (χ3n) is 2.52. The molecule has 12 heavy (non-hydrogen) atoms. The van der Waals surface area contributed by atoms with Crippen LogP contribution in [0.4, 0.5) is 13.2 Å². The predicted octanol–water partition coefficient (Wildman–Crippen LogP) is 1.64. The molecule has 5 heteroatoms. The van der Waals surface area contributed by atoms with E-state index >= 15 is 0 Å². The number of hydrazine groups is 1. The van der Waals surface area contributed by atoms with Crippen molar-refractivity contribution in [2.75, 3.05) is 0 Å². The minimum absolute atomic E-state index is 0.00544. The predicted molar refractivity (Wildman–Crippen MR) is 39.1 cm³/mol. The van der Waals surface area contributed by atoms with Gasteiger partial charge in [0.25, 0.3) is 0 Å². The van der Waals surface area contributed by atoms with Crippen molar-refractivity contribution in [1.29, 1.82) is 0 Å². The van der Waals surface area contributed by atoms with Crippen LogP contribution in [0.25, 0.3) is 0 Å². The molecule has 0 aromatic rings. The van der Waals surface area contributed by atoms with Crippen molar-refractivity contribution in [3.63, 3.8) is 0 Å². The van der Waals surface area contributed by atoms with E-state index in [1.165, 1.54) is 0 Å². The van der Waals surface area contributed by atoms with Crippen LogP contribution in [0.15, 0.2) is 0 Å². The molecule has 1 saturated heterocycles. The van der Waals surface area contributed by atoms with E-state index in [-0.39, 0.29) is 5.92 Å². The second kappa shape index (κ2) is 2.60. The molecule has 0 amide bonds. The van der Waals surface area contributed by atoms with Crippen molar-refractivity contribution >= 4 is 0 Å². The van der Waals surface area contributed by atoms with Crippen molar-refractivity contribution in [2.45, 2.75) is 32.6 Å². The number of nitrogens with one attached hydrogen (secondary N) is 2. The van der Waals surface area contributed by atoms with Gasteiger partial charge in [-0.25, -0.2) is 10.9 Å². The van der Waals surface area contributed by atoms with Crippen LogP contribution in [0.1, 0.15) is 20.8 Å². The standard InChI is InChI=1S/C7H13F3N2/c1-4(2)5(3)6(11-12-6)7(8,9)10/h4-5,11-12H,1-3H3/t5-/m1/s1. The molecule has 1 heterocycles. The van der Waals surface area contributed by atoms with Crippen LogP contribution in [0, 0.1) is 11.8 Å². The van der Waals surface area contributed by atoms with Gasteiger partial charge in [-0.3, -0.25) is 0 Å². The third-order valence-corrected chi connectivity index (χ3v) is 2.52. The van der Waals surface area contributed by atoms with Gasteiger partial charge in [0.2, 0.25) is 0 Å². The first-order chi connectivity index (χ1) is 5.31. The number of rotatable bonds is 2. The van der Waals surface area contributed by atoms with Crippen LogP contribution in [-0.2, 0) is 0 Å². The van der Waals surface area contributed by atoms with Gasteiger partial charge >= 0.3 is 6.18 Å². The van der Waals surface area contributed by atoms with Gasteiger partial charge in [0.15, 0.2) is 5.66 Å². The second-order valence-electron chi connectivity index (χ2n) is 3.59. The molecule has 0 radical (unpaired) electrons. The molecular weight excluding hydrogens is 169 g/mol. The fourth-order valence-electron chi connectivity index (χ4n) is 1.19. The van der Waals surface area contributed by atoms with Crippen molar-refractivity contribution < 1.29 is 13.2 Å². The molecule has 1 rings (SSSR count). The second-order valence-corrected chi connectivity index (χ2v) is 3.59. The molecular formula is C7H13F3N2. The lowest BCUT2D eigenvalue weighted by Crippen LogP contribution is -2.45. The molecule has 0 aromatic heterocycles. The Morgan fingerprint density at radius 3 is 1.58 bits per heavy atom. The summed E-state index contributed by atoms with van der Waals surface area (Å²) in [6.07, 6.45) is -4.21. The molecule has 1 aliphatic heterocycles. The first-order valence-electron chi connectivity index (χ1n) is 3.92. The SMILES string of the molecule is CC(C)[C@@H](C)C1(C(F)(F)F)NN1. The summed E-state index contributed by atoms with van der Waals surface area (Å²) in [4.78, 5) is 0. The fraction of sp³-hybridized carbons (Fsp3) is 1.00. The molecule has 1 fully saturated rings. The third kappa shape index (κ3) is 1.31. The number of hydrogen-bond acceptors (Lipinski definition) is 2. The van der Waals surface area contributed by atoms with Crippen LogP contribution in [0.2, 0.25) is 0 Å². The van der Waals surface area contributed by atoms with E-state index in [4.69, 9.17) is 0 Å². The molecule has 0 aromatic carbocycles. The lowest BCUT2D eigenvalue weighted by Gasteiger charge is -2.25. The van der Waals surface area contributed by atoms with Crippen LogP contribution >= 0.6 is 0 Å². The summed E-state index contributed by atoms with van der Waals surface area (Å²) >= 11 is 0. The fourth-order valence-corrected chi connectivity index (χ4v) is 1.19. The quantitative estimate of drug-likeness (QED) is 0.637. The van der Waals surface area contributed by atoms with E-state index in [0.29, 0.717) is 0 Å². The van der Waals surface area contributed by atoms with Crippen molar-refractivity contribution in [3.05, 3.63) is 0 Å². The van der Waals surface area contributed by atoms with Gasteiger partial charge in [0.1, 0.15) is 0 Å². The van der Waals surface area contributed by atoms with E-state index in [1.807, 2.05) is 0 Å². The van der Waals surface area contributed by atoms with Gasteiger partial charge in [-0.1, -0.05) is 20.8 Å².